The number of fused-ring (bicyclic) bond motifs is 3. The Morgan fingerprint density at radius 3 is 2.40 bits per heavy atom. The maximum absolute atomic E-state index is 13.9. The highest BCUT2D eigenvalue weighted by atomic mass is 16.6. The number of ketones is 2. The van der Waals surface area contributed by atoms with Gasteiger partial charge in [0.2, 0.25) is 5.79 Å². The van der Waals surface area contributed by atoms with Crippen molar-refractivity contribution < 1.29 is 44.0 Å². The maximum Gasteiger partial charge on any atom is 0.329 e. The molecule has 47 heavy (non-hydrogen) atoms. The number of carbonyl (C=O) groups is 4. The van der Waals surface area contributed by atoms with E-state index in [9.17, 15) is 34.5 Å². The molecule has 0 unspecified atom stereocenters. The van der Waals surface area contributed by atoms with E-state index in [4.69, 9.17) is 9.47 Å². The molecule has 0 aromatic carbocycles. The molecule has 3 aliphatic heterocycles. The van der Waals surface area contributed by atoms with Gasteiger partial charge in [-0.2, -0.15) is 0 Å². The van der Waals surface area contributed by atoms with Crippen LogP contribution in [-0.2, 0) is 28.7 Å². The monoisotopic (exact) mass is 659 g/mol. The second-order valence-corrected chi connectivity index (χ2v) is 14.8. The number of Topliss-reactive ketones (excluding diaryl/α,β-unsaturated/α-hetero) is 1. The average Bonchev–Trinajstić information content (AvgIpc) is 3.05. The lowest BCUT2D eigenvalue weighted by Crippen LogP contribution is -2.61. The second kappa shape index (κ2) is 16.8. The third kappa shape index (κ3) is 9.40. The third-order valence-corrected chi connectivity index (χ3v) is 11.1. The summed E-state index contributed by atoms with van der Waals surface area (Å²) in [5.41, 5.74) is 0. The van der Waals surface area contributed by atoms with E-state index in [-0.39, 0.29) is 30.1 Å². The molecule has 3 N–H and O–H groups in total. The fraction of sp³-hybridized carbons (Fsp3) is 0.784. The van der Waals surface area contributed by atoms with E-state index in [2.05, 4.69) is 19.1 Å². The van der Waals surface area contributed by atoms with Crippen LogP contribution in [0.4, 0.5) is 0 Å². The van der Waals surface area contributed by atoms with Crippen molar-refractivity contribution in [2.45, 2.75) is 147 Å². The molecular weight excluding hydrogens is 602 g/mol. The van der Waals surface area contributed by atoms with E-state index in [0.717, 1.165) is 25.7 Å². The summed E-state index contributed by atoms with van der Waals surface area (Å²) in [6, 6.07) is -0.961. The van der Waals surface area contributed by atoms with E-state index in [1.807, 2.05) is 13.0 Å². The van der Waals surface area contributed by atoms with E-state index >= 15 is 0 Å². The van der Waals surface area contributed by atoms with Gasteiger partial charge < -0.3 is 29.7 Å². The highest BCUT2D eigenvalue weighted by molar-refractivity contribution is 6.39. The van der Waals surface area contributed by atoms with Gasteiger partial charge in [0.05, 0.1) is 18.3 Å². The van der Waals surface area contributed by atoms with E-state index < -0.39 is 65.7 Å². The van der Waals surface area contributed by atoms with Crippen LogP contribution < -0.4 is 0 Å². The molecule has 2 saturated heterocycles. The highest BCUT2D eigenvalue weighted by Gasteiger charge is 2.53. The van der Waals surface area contributed by atoms with Gasteiger partial charge in [-0.1, -0.05) is 45.9 Å². The number of hydrogen-bond acceptors (Lipinski definition) is 9. The molecule has 0 radical (unpaired) electrons. The van der Waals surface area contributed by atoms with Crippen molar-refractivity contribution in [2.75, 3.05) is 6.54 Å². The van der Waals surface area contributed by atoms with Crippen LogP contribution in [0.5, 0.6) is 0 Å². The first kappa shape index (κ1) is 37.4. The predicted octanol–water partition coefficient (Wildman–Crippen LogP) is 4.43. The Hall–Kier alpha value is -2.40. The van der Waals surface area contributed by atoms with Crippen molar-refractivity contribution >= 4 is 23.4 Å². The molecule has 0 spiro atoms. The lowest BCUT2D eigenvalue weighted by Gasteiger charge is -2.43. The van der Waals surface area contributed by atoms with Crippen molar-refractivity contribution in [3.63, 3.8) is 0 Å². The molecular formula is C37H57NO9. The number of hydrogen-bond donors (Lipinski definition) is 3. The number of piperidine rings is 1. The molecule has 10 nitrogen and oxygen atoms in total. The fourth-order valence-electron chi connectivity index (χ4n) is 7.72. The smallest absolute Gasteiger partial charge is 0.329 e. The van der Waals surface area contributed by atoms with Crippen LogP contribution in [0.1, 0.15) is 111 Å². The molecule has 1 aliphatic carbocycles. The minimum absolute atomic E-state index is 0.0302. The quantitative estimate of drug-likeness (QED) is 0.227. The van der Waals surface area contributed by atoms with Gasteiger partial charge in [-0.15, -0.1) is 0 Å². The average molecular weight is 660 g/mol. The van der Waals surface area contributed by atoms with Gasteiger partial charge in [0, 0.05) is 18.4 Å². The number of amides is 1. The van der Waals surface area contributed by atoms with Crippen LogP contribution >= 0.6 is 0 Å². The van der Waals surface area contributed by atoms with Gasteiger partial charge >= 0.3 is 5.97 Å². The standard InChI is InChI=1S/C37H57NO9/c1-23-11-7-5-6-8-13-29(39)26(4)33-19-15-25(3)37(45,47-33)34(42)35(43)38-20-10-9-12-28(38)36(44)46-32(18-14-23)24(2)21-27-16-17-30(40)31(41)22-27/h7-8,11,13,23-28,30-33,40-41,45H,5-6,9-10,12,14-22H2,1-4H3/b11-7-,13-8+/t23-,24+,25-,26-,27+,28+,30-,31-,32+,33+,37-/m1/s1. The number of allylic oxidation sites excluding steroid dienone is 4. The highest BCUT2D eigenvalue weighted by Crippen LogP contribution is 2.37. The zero-order valence-corrected chi connectivity index (χ0v) is 28.7. The molecule has 11 atom stereocenters. The largest absolute Gasteiger partial charge is 0.461 e. The number of carbonyl (C=O) groups excluding carboxylic acids is 4. The molecule has 0 aromatic rings. The van der Waals surface area contributed by atoms with Crippen molar-refractivity contribution in [2.24, 2.45) is 29.6 Å². The molecule has 4 aliphatic rings. The van der Waals surface area contributed by atoms with Crippen LogP contribution in [0.3, 0.4) is 0 Å². The molecule has 1 amide bonds. The molecule has 4 rings (SSSR count). The minimum atomic E-state index is -2.40. The van der Waals surface area contributed by atoms with Gasteiger partial charge in [0.25, 0.3) is 11.7 Å². The Morgan fingerprint density at radius 1 is 0.915 bits per heavy atom. The molecule has 3 heterocycles. The van der Waals surface area contributed by atoms with Gasteiger partial charge in [-0.25, -0.2) is 4.79 Å². The Morgan fingerprint density at radius 2 is 1.66 bits per heavy atom. The number of esters is 1. The van der Waals surface area contributed by atoms with Crippen LogP contribution in [0.15, 0.2) is 24.3 Å². The van der Waals surface area contributed by atoms with Crippen molar-refractivity contribution in [3.8, 4) is 0 Å². The first-order valence-electron chi connectivity index (χ1n) is 18.0. The van der Waals surface area contributed by atoms with Crippen molar-refractivity contribution in [1.29, 1.82) is 0 Å². The van der Waals surface area contributed by atoms with E-state index in [1.165, 1.54) is 11.0 Å². The number of rotatable bonds is 3. The number of aliphatic hydroxyl groups excluding tert-OH is 2. The third-order valence-electron chi connectivity index (χ3n) is 11.1. The van der Waals surface area contributed by atoms with Crippen LogP contribution in [0.25, 0.3) is 0 Å². The summed E-state index contributed by atoms with van der Waals surface area (Å²) in [5.74, 6) is -6.10. The summed E-state index contributed by atoms with van der Waals surface area (Å²) >= 11 is 0. The number of aliphatic hydroxyl groups is 3. The van der Waals surface area contributed by atoms with Crippen LogP contribution in [0, 0.1) is 29.6 Å². The lowest BCUT2D eigenvalue weighted by molar-refractivity contribution is -0.268. The SMILES string of the molecule is C[C@@H]1/C=C\CC/C=C/C(=O)[C@@H](C)[C@@H]2CC[C@@H](C)[C@@](O)(O2)C(=O)C(=O)N2CCCC[C@H]2C(=O)O[C@H]([C@@H](C)C[C@@H]2CC[C@@H](O)[C@H](O)C2)CC1. The summed E-state index contributed by atoms with van der Waals surface area (Å²) in [6.07, 6.45) is 12.9. The summed E-state index contributed by atoms with van der Waals surface area (Å²) < 4.78 is 12.2. The first-order chi connectivity index (χ1) is 22.3. The molecule has 10 heteroatoms. The molecule has 0 aromatic heterocycles. The van der Waals surface area contributed by atoms with Crippen LogP contribution in [0.2, 0.25) is 0 Å². The summed E-state index contributed by atoms with van der Waals surface area (Å²) in [4.78, 5) is 55.7. The molecule has 264 valence electrons. The summed E-state index contributed by atoms with van der Waals surface area (Å²) in [7, 11) is 0. The maximum atomic E-state index is 13.9. The predicted molar refractivity (Wildman–Crippen MR) is 176 cm³/mol. The Bertz CT molecular complexity index is 1170. The number of ether oxygens (including phenoxy) is 2. The van der Waals surface area contributed by atoms with Crippen LogP contribution in [-0.4, -0.2) is 86.5 Å². The number of nitrogens with zero attached hydrogens (tertiary/aromatic N) is 1. The zero-order chi connectivity index (χ0) is 34.3. The van der Waals surface area contributed by atoms with Gasteiger partial charge in [-0.05, 0) is 107 Å². The normalized spacial score (nSPS) is 40.8. The topological polar surface area (TPSA) is 151 Å². The molecule has 2 bridgehead atoms. The van der Waals surface area contributed by atoms with E-state index in [0.29, 0.717) is 57.8 Å². The van der Waals surface area contributed by atoms with Crippen molar-refractivity contribution in [3.05, 3.63) is 24.3 Å². The van der Waals surface area contributed by atoms with Gasteiger partial charge in [0.1, 0.15) is 12.1 Å². The van der Waals surface area contributed by atoms with Crippen molar-refractivity contribution in [1.82, 2.24) is 4.90 Å². The Labute approximate surface area is 279 Å². The summed E-state index contributed by atoms with van der Waals surface area (Å²) in [6.45, 7) is 7.72. The summed E-state index contributed by atoms with van der Waals surface area (Å²) in [5, 5.41) is 31.9. The Balaban J connectivity index is 1.59. The van der Waals surface area contributed by atoms with E-state index in [1.54, 1.807) is 13.8 Å². The lowest BCUT2D eigenvalue weighted by atomic mass is 9.78. The number of cyclic esters (lactones) is 1. The second-order valence-electron chi connectivity index (χ2n) is 14.8. The minimum Gasteiger partial charge on any atom is -0.461 e. The zero-order valence-electron chi connectivity index (χ0n) is 28.7. The Kier molecular flexibility index (Phi) is 13.4. The molecule has 3 fully saturated rings. The van der Waals surface area contributed by atoms with Gasteiger partial charge in [-0.3, -0.25) is 14.4 Å². The fourth-order valence-corrected chi connectivity index (χ4v) is 7.72. The first-order valence-corrected chi connectivity index (χ1v) is 18.0. The van der Waals surface area contributed by atoms with Gasteiger partial charge in [0.15, 0.2) is 5.78 Å². The molecule has 1 saturated carbocycles.